The zero-order chi connectivity index (χ0) is 21.1. The lowest BCUT2D eigenvalue weighted by molar-refractivity contribution is 0.0572. The second kappa shape index (κ2) is 8.72. The van der Waals surface area contributed by atoms with E-state index in [4.69, 9.17) is 4.74 Å². The maximum atomic E-state index is 15.4. The number of nitrogens with zero attached hydrogens (tertiary/aromatic N) is 3. The second-order valence-corrected chi connectivity index (χ2v) is 8.60. The van der Waals surface area contributed by atoms with Gasteiger partial charge >= 0.3 is 0 Å². The van der Waals surface area contributed by atoms with E-state index in [1.807, 2.05) is 43.1 Å². The Hall–Kier alpha value is -2.47. The molecule has 4 rings (SSSR count). The molecule has 2 saturated heterocycles. The molecule has 30 heavy (non-hydrogen) atoms. The van der Waals surface area contributed by atoms with Gasteiger partial charge in [0.1, 0.15) is 17.5 Å². The zero-order valence-electron chi connectivity index (χ0n) is 17.8. The highest BCUT2D eigenvalue weighted by atomic mass is 19.1. The van der Waals surface area contributed by atoms with Crippen LogP contribution < -0.4 is 4.74 Å². The Morgan fingerprint density at radius 1 is 1.10 bits per heavy atom. The number of halogens is 1. The number of alkyl halides is 1. The zero-order valence-corrected chi connectivity index (χ0v) is 17.8. The molecule has 6 heteroatoms. The summed E-state index contributed by atoms with van der Waals surface area (Å²) in [4.78, 5) is 21.4. The molecular weight excluding hydrogens is 381 g/mol. The molecule has 1 aromatic heterocycles. The number of hydrogen-bond donors (Lipinski definition) is 0. The predicted molar refractivity (Wildman–Crippen MR) is 114 cm³/mol. The normalized spacial score (nSPS) is 20.2. The van der Waals surface area contributed by atoms with E-state index in [1.54, 1.807) is 18.2 Å². The van der Waals surface area contributed by atoms with Crippen LogP contribution in [0.1, 0.15) is 47.4 Å². The first kappa shape index (κ1) is 20.8. The van der Waals surface area contributed by atoms with Gasteiger partial charge in [-0.3, -0.25) is 4.79 Å². The highest BCUT2D eigenvalue weighted by Crippen LogP contribution is 2.35. The monoisotopic (exact) mass is 411 g/mol. The molecule has 0 saturated carbocycles. The van der Waals surface area contributed by atoms with Gasteiger partial charge in [0.2, 0.25) is 0 Å². The summed E-state index contributed by atoms with van der Waals surface area (Å²) in [7, 11) is 2.00. The number of benzene rings is 1. The maximum Gasteiger partial charge on any atom is 0.272 e. The van der Waals surface area contributed by atoms with Crippen LogP contribution in [0.25, 0.3) is 0 Å². The summed E-state index contributed by atoms with van der Waals surface area (Å²) in [6.45, 7) is 4.68. The van der Waals surface area contributed by atoms with Crippen LogP contribution in [0.4, 0.5) is 4.39 Å². The van der Waals surface area contributed by atoms with E-state index in [-0.39, 0.29) is 12.0 Å². The van der Waals surface area contributed by atoms with E-state index >= 15 is 4.39 Å². The van der Waals surface area contributed by atoms with Crippen molar-refractivity contribution in [1.29, 1.82) is 0 Å². The van der Waals surface area contributed by atoms with Gasteiger partial charge < -0.3 is 14.5 Å². The fourth-order valence-electron chi connectivity index (χ4n) is 4.25. The number of likely N-dealkylation sites (tertiary alicyclic amines) is 2. The lowest BCUT2D eigenvalue weighted by Crippen LogP contribution is -2.42. The molecule has 2 aliphatic heterocycles. The molecule has 0 unspecified atom stereocenters. The van der Waals surface area contributed by atoms with Gasteiger partial charge in [-0.2, -0.15) is 0 Å². The highest BCUT2D eigenvalue weighted by molar-refractivity contribution is 5.92. The van der Waals surface area contributed by atoms with Crippen molar-refractivity contribution in [1.82, 2.24) is 14.8 Å². The minimum atomic E-state index is -1.45. The van der Waals surface area contributed by atoms with Gasteiger partial charge in [-0.25, -0.2) is 9.37 Å². The molecule has 2 aromatic rings. The first-order chi connectivity index (χ1) is 14.4. The third-order valence-electron chi connectivity index (χ3n) is 6.23. The molecule has 1 aromatic carbocycles. The first-order valence-electron chi connectivity index (χ1n) is 10.8. The topological polar surface area (TPSA) is 45.7 Å². The standard InChI is InChI=1S/C24H30FN3O2/c1-18-5-3-6-20(17-18)30-19-9-13-28(14-10-19)23(29)21-7-4-8-22(26-21)24(25)11-15-27(2)16-12-24/h3-8,17,19H,9-16H2,1-2H3. The summed E-state index contributed by atoms with van der Waals surface area (Å²) in [5, 5.41) is 0. The number of pyridine rings is 1. The summed E-state index contributed by atoms with van der Waals surface area (Å²) in [5.74, 6) is 0.753. The Kier molecular flexibility index (Phi) is 6.04. The van der Waals surface area contributed by atoms with E-state index in [0.717, 1.165) is 18.6 Å². The summed E-state index contributed by atoms with van der Waals surface area (Å²) in [5.41, 5.74) is 0.444. The molecule has 0 N–H and O–H groups in total. The van der Waals surface area contributed by atoms with Crippen LogP contribution in [0.5, 0.6) is 5.75 Å². The summed E-state index contributed by atoms with van der Waals surface area (Å²) < 4.78 is 21.5. The van der Waals surface area contributed by atoms with E-state index in [1.165, 1.54) is 5.56 Å². The first-order valence-corrected chi connectivity index (χ1v) is 10.8. The molecule has 0 radical (unpaired) electrons. The number of amides is 1. The van der Waals surface area contributed by atoms with Crippen LogP contribution >= 0.6 is 0 Å². The number of carbonyl (C=O) groups is 1. The number of ether oxygens (including phenoxy) is 1. The van der Waals surface area contributed by atoms with Gasteiger partial charge in [0.15, 0.2) is 5.67 Å². The molecule has 5 nitrogen and oxygen atoms in total. The van der Waals surface area contributed by atoms with Crippen molar-refractivity contribution >= 4 is 5.91 Å². The van der Waals surface area contributed by atoms with Crippen LogP contribution in [0.15, 0.2) is 42.5 Å². The highest BCUT2D eigenvalue weighted by Gasteiger charge is 2.37. The molecule has 0 bridgehead atoms. The van der Waals surface area contributed by atoms with Crippen LogP contribution in [0, 0.1) is 6.92 Å². The van der Waals surface area contributed by atoms with E-state index in [2.05, 4.69) is 9.88 Å². The molecule has 2 aliphatic rings. The number of rotatable bonds is 4. The lowest BCUT2D eigenvalue weighted by atomic mass is 9.89. The van der Waals surface area contributed by atoms with Crippen molar-refractivity contribution in [2.45, 2.75) is 44.4 Å². The smallest absolute Gasteiger partial charge is 0.272 e. The van der Waals surface area contributed by atoms with Gasteiger partial charge in [-0.05, 0) is 56.6 Å². The van der Waals surface area contributed by atoms with Crippen molar-refractivity contribution in [3.63, 3.8) is 0 Å². The van der Waals surface area contributed by atoms with E-state index in [9.17, 15) is 4.79 Å². The molecule has 2 fully saturated rings. The molecule has 0 aliphatic carbocycles. The van der Waals surface area contributed by atoms with Crippen molar-refractivity contribution < 1.29 is 13.9 Å². The van der Waals surface area contributed by atoms with Crippen molar-refractivity contribution in [2.75, 3.05) is 33.2 Å². The number of piperidine rings is 2. The molecule has 0 spiro atoms. The number of carbonyl (C=O) groups excluding carboxylic acids is 1. The van der Waals surface area contributed by atoms with Gasteiger partial charge in [0.25, 0.3) is 5.91 Å². The average molecular weight is 412 g/mol. The Morgan fingerprint density at radius 3 is 2.50 bits per heavy atom. The third kappa shape index (κ3) is 4.64. The quantitative estimate of drug-likeness (QED) is 0.764. The number of aromatic nitrogens is 1. The summed E-state index contributed by atoms with van der Waals surface area (Å²) >= 11 is 0. The Labute approximate surface area is 177 Å². The Balaban J connectivity index is 1.37. The summed E-state index contributed by atoms with van der Waals surface area (Å²) in [6.07, 6.45) is 2.48. The Morgan fingerprint density at radius 2 is 1.80 bits per heavy atom. The van der Waals surface area contributed by atoms with E-state index < -0.39 is 5.67 Å². The third-order valence-corrected chi connectivity index (χ3v) is 6.23. The van der Waals surface area contributed by atoms with Crippen LogP contribution in [-0.4, -0.2) is 60.0 Å². The molecule has 0 atom stereocenters. The molecule has 160 valence electrons. The van der Waals surface area contributed by atoms with Gasteiger partial charge in [-0.15, -0.1) is 0 Å². The predicted octanol–water partition coefficient (Wildman–Crippen LogP) is 3.96. The van der Waals surface area contributed by atoms with Crippen molar-refractivity contribution in [3.8, 4) is 5.75 Å². The van der Waals surface area contributed by atoms with Gasteiger partial charge in [0.05, 0.1) is 5.69 Å². The molecule has 3 heterocycles. The average Bonchev–Trinajstić information content (AvgIpc) is 2.76. The van der Waals surface area contributed by atoms with Gasteiger partial charge in [0, 0.05) is 39.0 Å². The molecule has 1 amide bonds. The van der Waals surface area contributed by atoms with Gasteiger partial charge in [-0.1, -0.05) is 18.2 Å². The lowest BCUT2D eigenvalue weighted by Gasteiger charge is -2.34. The SMILES string of the molecule is Cc1cccc(OC2CCN(C(=O)c3cccc(C4(F)CCN(C)CC4)n3)CC2)c1. The largest absolute Gasteiger partial charge is 0.490 e. The van der Waals surface area contributed by atoms with Crippen LogP contribution in [0.3, 0.4) is 0 Å². The van der Waals surface area contributed by atoms with Crippen molar-refractivity contribution in [3.05, 3.63) is 59.4 Å². The number of aryl methyl sites for hydroxylation is 1. The Bertz CT molecular complexity index is 888. The fourth-order valence-corrected chi connectivity index (χ4v) is 4.25. The van der Waals surface area contributed by atoms with Crippen LogP contribution in [-0.2, 0) is 5.67 Å². The van der Waals surface area contributed by atoms with Crippen molar-refractivity contribution in [2.24, 2.45) is 0 Å². The minimum absolute atomic E-state index is 0.100. The number of hydrogen-bond acceptors (Lipinski definition) is 4. The molecular formula is C24H30FN3O2. The fraction of sp³-hybridized carbons (Fsp3) is 0.500. The summed E-state index contributed by atoms with van der Waals surface area (Å²) in [6, 6.07) is 13.2. The second-order valence-electron chi connectivity index (χ2n) is 8.60. The maximum absolute atomic E-state index is 15.4. The van der Waals surface area contributed by atoms with E-state index in [0.29, 0.717) is 50.4 Å². The minimum Gasteiger partial charge on any atom is -0.490 e. The van der Waals surface area contributed by atoms with Crippen LogP contribution in [0.2, 0.25) is 0 Å².